The molecule has 0 aromatic heterocycles. The Morgan fingerprint density at radius 3 is 1.62 bits per heavy atom. The predicted molar refractivity (Wildman–Crippen MR) is 161 cm³/mol. The van der Waals surface area contributed by atoms with Crippen LogP contribution in [-0.4, -0.2) is 35.5 Å². The summed E-state index contributed by atoms with van der Waals surface area (Å²) in [6, 6.07) is 19.0. The molecule has 42 heavy (non-hydrogen) atoms. The van der Waals surface area contributed by atoms with Crippen molar-refractivity contribution < 1.29 is 33.8 Å². The number of ether oxygens (including phenoxy) is 2. The van der Waals surface area contributed by atoms with Gasteiger partial charge in [0.2, 0.25) is 5.91 Å². The van der Waals surface area contributed by atoms with Crippen LogP contribution in [0.25, 0.3) is 0 Å². The molecule has 0 saturated heterocycles. The number of hydrogen-bond acceptors (Lipinski definition) is 6. The summed E-state index contributed by atoms with van der Waals surface area (Å²) in [4.78, 5) is 47.6. The van der Waals surface area contributed by atoms with Crippen LogP contribution in [0.5, 0.6) is 0 Å². The zero-order chi connectivity index (χ0) is 30.3. The minimum absolute atomic E-state index is 0.0780. The van der Waals surface area contributed by atoms with E-state index in [1.807, 2.05) is 60.7 Å². The van der Waals surface area contributed by atoms with E-state index in [9.17, 15) is 19.2 Å². The Hall–Kier alpha value is -3.68. The fourth-order valence-corrected chi connectivity index (χ4v) is 4.55. The number of carbonyl (C=O) groups is 4. The third-order valence-corrected chi connectivity index (χ3v) is 7.09. The van der Waals surface area contributed by atoms with Crippen LogP contribution in [0.2, 0.25) is 0 Å². The number of hydrogen-bond donors (Lipinski definition) is 2. The standard InChI is InChI=1S/C34H47NO7/c36-31(35-25-30(23-24-32(37)38)34(40)42-27-29-19-13-10-14-20-29)21-15-7-5-3-1-2-4-6-8-16-22-33(39)41-26-28-17-11-9-12-18-28/h9-14,17-20,30H,1-8,15-16,21-27H2,(H,35,36)(H,37,38)/t30-/m1/s1. The number of esters is 2. The Bertz CT molecular complexity index is 1040. The number of unbranched alkanes of at least 4 members (excludes halogenated alkanes) is 9. The number of nitrogens with one attached hydrogen (secondary N) is 1. The van der Waals surface area contributed by atoms with E-state index in [1.165, 1.54) is 12.8 Å². The Morgan fingerprint density at radius 2 is 1.10 bits per heavy atom. The fourth-order valence-electron chi connectivity index (χ4n) is 4.55. The second-order valence-corrected chi connectivity index (χ2v) is 10.7. The summed E-state index contributed by atoms with van der Waals surface area (Å²) in [5.74, 6) is -2.44. The summed E-state index contributed by atoms with van der Waals surface area (Å²) < 4.78 is 10.7. The molecule has 2 rings (SSSR count). The van der Waals surface area contributed by atoms with Gasteiger partial charge in [0.15, 0.2) is 0 Å². The molecule has 0 unspecified atom stereocenters. The Balaban J connectivity index is 1.44. The van der Waals surface area contributed by atoms with E-state index in [4.69, 9.17) is 14.6 Å². The van der Waals surface area contributed by atoms with E-state index in [-0.39, 0.29) is 37.9 Å². The maximum atomic E-state index is 12.5. The van der Waals surface area contributed by atoms with Crippen LogP contribution in [-0.2, 0) is 41.9 Å². The van der Waals surface area contributed by atoms with Crippen molar-refractivity contribution in [2.45, 2.75) is 103 Å². The lowest BCUT2D eigenvalue weighted by molar-refractivity contribution is -0.150. The van der Waals surface area contributed by atoms with Gasteiger partial charge in [-0.25, -0.2) is 0 Å². The predicted octanol–water partition coefficient (Wildman–Crippen LogP) is 6.75. The minimum atomic E-state index is -0.987. The SMILES string of the molecule is O=C(O)CC[C@H](CNC(=O)CCCCCCCCCCCCC(=O)OCc1ccccc1)C(=O)OCc1ccccc1. The number of benzene rings is 2. The van der Waals surface area contributed by atoms with E-state index in [0.29, 0.717) is 19.4 Å². The average Bonchev–Trinajstić information content (AvgIpc) is 3.00. The normalized spacial score (nSPS) is 11.4. The quantitative estimate of drug-likeness (QED) is 0.110. The molecule has 0 saturated carbocycles. The van der Waals surface area contributed by atoms with Crippen molar-refractivity contribution in [3.63, 3.8) is 0 Å². The fraction of sp³-hybridized carbons (Fsp3) is 0.529. The molecule has 0 bridgehead atoms. The molecule has 0 radical (unpaired) electrons. The van der Waals surface area contributed by atoms with Crippen molar-refractivity contribution in [1.82, 2.24) is 5.32 Å². The molecule has 0 aliphatic rings. The molecule has 8 heteroatoms. The van der Waals surface area contributed by atoms with Gasteiger partial charge < -0.3 is 19.9 Å². The van der Waals surface area contributed by atoms with Gasteiger partial charge >= 0.3 is 17.9 Å². The highest BCUT2D eigenvalue weighted by molar-refractivity contribution is 5.78. The summed E-state index contributed by atoms with van der Waals surface area (Å²) in [6.45, 7) is 0.531. The molecule has 0 aliphatic carbocycles. The summed E-state index contributed by atoms with van der Waals surface area (Å²) in [5.41, 5.74) is 1.85. The minimum Gasteiger partial charge on any atom is -0.481 e. The highest BCUT2D eigenvalue weighted by Gasteiger charge is 2.22. The number of carboxylic acids is 1. The molecule has 1 atom stereocenters. The van der Waals surface area contributed by atoms with Gasteiger partial charge in [-0.05, 0) is 30.4 Å². The van der Waals surface area contributed by atoms with Crippen molar-refractivity contribution in [2.75, 3.05) is 6.54 Å². The second kappa shape index (κ2) is 22.0. The Kier molecular flexibility index (Phi) is 18.1. The van der Waals surface area contributed by atoms with Gasteiger partial charge in [-0.15, -0.1) is 0 Å². The maximum absolute atomic E-state index is 12.5. The number of amides is 1. The zero-order valence-corrected chi connectivity index (χ0v) is 24.8. The first-order chi connectivity index (χ1) is 20.4. The summed E-state index contributed by atoms with van der Waals surface area (Å²) in [7, 11) is 0. The molecule has 2 N–H and O–H groups in total. The van der Waals surface area contributed by atoms with Crippen molar-refractivity contribution in [2.24, 2.45) is 5.92 Å². The smallest absolute Gasteiger partial charge is 0.311 e. The molecule has 2 aromatic carbocycles. The van der Waals surface area contributed by atoms with Crippen molar-refractivity contribution >= 4 is 23.8 Å². The first-order valence-corrected chi connectivity index (χ1v) is 15.3. The van der Waals surface area contributed by atoms with Gasteiger partial charge in [0.05, 0.1) is 5.92 Å². The van der Waals surface area contributed by atoms with Gasteiger partial charge in [0.1, 0.15) is 13.2 Å². The van der Waals surface area contributed by atoms with Gasteiger partial charge in [-0.2, -0.15) is 0 Å². The van der Waals surface area contributed by atoms with Crippen molar-refractivity contribution in [3.05, 3.63) is 71.8 Å². The third-order valence-electron chi connectivity index (χ3n) is 7.09. The molecule has 0 aliphatic heterocycles. The Labute approximate surface area is 250 Å². The number of carboxylic acid groups (broad SMARTS) is 1. The van der Waals surface area contributed by atoms with Crippen LogP contribution in [0.4, 0.5) is 0 Å². The van der Waals surface area contributed by atoms with Crippen LogP contribution in [0.3, 0.4) is 0 Å². The van der Waals surface area contributed by atoms with Gasteiger partial charge in [-0.1, -0.05) is 112 Å². The largest absolute Gasteiger partial charge is 0.481 e. The van der Waals surface area contributed by atoms with Crippen LogP contribution >= 0.6 is 0 Å². The van der Waals surface area contributed by atoms with Crippen LogP contribution in [0, 0.1) is 5.92 Å². The molecule has 230 valence electrons. The molecule has 0 heterocycles. The van der Waals surface area contributed by atoms with Crippen LogP contribution in [0.15, 0.2) is 60.7 Å². The third kappa shape index (κ3) is 17.2. The molecule has 8 nitrogen and oxygen atoms in total. The van der Waals surface area contributed by atoms with Crippen molar-refractivity contribution in [1.29, 1.82) is 0 Å². The van der Waals surface area contributed by atoms with E-state index in [0.717, 1.165) is 62.5 Å². The van der Waals surface area contributed by atoms with Crippen LogP contribution in [0.1, 0.15) is 101 Å². The first-order valence-electron chi connectivity index (χ1n) is 15.3. The van der Waals surface area contributed by atoms with E-state index in [2.05, 4.69) is 5.32 Å². The lowest BCUT2D eigenvalue weighted by atomic mass is 10.0. The second-order valence-electron chi connectivity index (χ2n) is 10.7. The van der Waals surface area contributed by atoms with Gasteiger partial charge in [-0.3, -0.25) is 19.2 Å². The molecule has 1 amide bonds. The molecule has 0 fully saturated rings. The number of aliphatic carboxylic acids is 1. The molecule has 2 aromatic rings. The lowest BCUT2D eigenvalue weighted by Gasteiger charge is -2.16. The summed E-state index contributed by atoms with van der Waals surface area (Å²) in [5, 5.41) is 11.8. The summed E-state index contributed by atoms with van der Waals surface area (Å²) in [6.07, 6.45) is 11.3. The van der Waals surface area contributed by atoms with E-state index >= 15 is 0 Å². The van der Waals surface area contributed by atoms with Gasteiger partial charge in [0.25, 0.3) is 0 Å². The highest BCUT2D eigenvalue weighted by Crippen LogP contribution is 2.14. The molecular weight excluding hydrogens is 534 g/mol. The topological polar surface area (TPSA) is 119 Å². The highest BCUT2D eigenvalue weighted by atomic mass is 16.5. The van der Waals surface area contributed by atoms with E-state index in [1.54, 1.807) is 0 Å². The van der Waals surface area contributed by atoms with Gasteiger partial charge in [0, 0.05) is 25.8 Å². The average molecular weight is 582 g/mol. The maximum Gasteiger partial charge on any atom is 0.311 e. The monoisotopic (exact) mass is 581 g/mol. The summed E-state index contributed by atoms with van der Waals surface area (Å²) >= 11 is 0. The van der Waals surface area contributed by atoms with Crippen molar-refractivity contribution in [3.8, 4) is 0 Å². The molecular formula is C34H47NO7. The number of carbonyl (C=O) groups excluding carboxylic acids is 3. The number of rotatable bonds is 23. The Morgan fingerprint density at radius 1 is 0.619 bits per heavy atom. The van der Waals surface area contributed by atoms with E-state index < -0.39 is 17.9 Å². The zero-order valence-electron chi connectivity index (χ0n) is 24.8. The molecule has 0 spiro atoms. The van der Waals surface area contributed by atoms with Crippen LogP contribution < -0.4 is 5.32 Å². The first kappa shape index (κ1) is 34.5. The lowest BCUT2D eigenvalue weighted by Crippen LogP contribution is -2.34.